The standard InChI is InChI=1S/C21H32N2O3S/c1-20(2,3)15-8-10-18(11-9-15)27(7,25)23-14-16-12-17(23)13-22(16)19(24)26-21(4,5)6/h8-11,16-17H,7,12-14H2,1-6H3/t16-,17-,27?/m0/s1. The summed E-state index contributed by atoms with van der Waals surface area (Å²) >= 11 is 0. The first-order valence-corrected chi connectivity index (χ1v) is 11.2. The Morgan fingerprint density at radius 2 is 1.67 bits per heavy atom. The molecule has 0 spiro atoms. The van der Waals surface area contributed by atoms with Gasteiger partial charge in [-0.1, -0.05) is 32.9 Å². The minimum atomic E-state index is -2.56. The molecular formula is C21H32N2O3S. The highest BCUT2D eigenvalue weighted by Crippen LogP contribution is 2.36. The van der Waals surface area contributed by atoms with Crippen LogP contribution in [0.3, 0.4) is 0 Å². The Kier molecular flexibility index (Phi) is 4.88. The third-order valence-electron chi connectivity index (χ3n) is 5.29. The zero-order valence-electron chi connectivity index (χ0n) is 17.3. The summed E-state index contributed by atoms with van der Waals surface area (Å²) in [5.74, 6) is 4.08. The Bertz CT molecular complexity index is 816. The Hall–Kier alpha value is -1.53. The Morgan fingerprint density at radius 1 is 1.07 bits per heavy atom. The van der Waals surface area contributed by atoms with Gasteiger partial charge in [0.05, 0.1) is 15.7 Å². The molecule has 2 aliphatic rings. The Labute approximate surface area is 163 Å². The van der Waals surface area contributed by atoms with Gasteiger partial charge in [0.15, 0.2) is 0 Å². The van der Waals surface area contributed by atoms with Crippen LogP contribution < -0.4 is 0 Å². The number of hydrogen-bond donors (Lipinski definition) is 0. The van der Waals surface area contributed by atoms with Gasteiger partial charge in [0.25, 0.3) is 0 Å². The smallest absolute Gasteiger partial charge is 0.410 e. The molecule has 0 saturated carbocycles. The molecule has 6 heteroatoms. The maximum Gasteiger partial charge on any atom is 0.410 e. The van der Waals surface area contributed by atoms with Crippen molar-refractivity contribution >= 4 is 21.7 Å². The molecule has 3 rings (SSSR count). The molecule has 5 nitrogen and oxygen atoms in total. The van der Waals surface area contributed by atoms with E-state index >= 15 is 0 Å². The van der Waals surface area contributed by atoms with Crippen LogP contribution in [-0.2, 0) is 19.9 Å². The van der Waals surface area contributed by atoms with Crippen LogP contribution in [0.5, 0.6) is 0 Å². The number of ether oxygens (including phenoxy) is 1. The van der Waals surface area contributed by atoms with Crippen LogP contribution in [0.15, 0.2) is 29.2 Å². The highest BCUT2D eigenvalue weighted by atomic mass is 32.2. The number of benzene rings is 1. The number of amides is 1. The molecule has 0 radical (unpaired) electrons. The lowest BCUT2D eigenvalue weighted by Gasteiger charge is -2.36. The fourth-order valence-corrected chi connectivity index (χ4v) is 5.72. The first-order chi connectivity index (χ1) is 12.3. The summed E-state index contributed by atoms with van der Waals surface area (Å²) in [7, 11) is -2.56. The molecule has 0 aromatic heterocycles. The van der Waals surface area contributed by atoms with Gasteiger partial charge in [0, 0.05) is 24.0 Å². The van der Waals surface area contributed by atoms with Gasteiger partial charge in [-0.2, -0.15) is 0 Å². The molecule has 2 heterocycles. The molecule has 2 fully saturated rings. The highest BCUT2D eigenvalue weighted by Gasteiger charge is 2.49. The second kappa shape index (κ2) is 6.52. The van der Waals surface area contributed by atoms with Gasteiger partial charge in [-0.05, 0) is 56.2 Å². The van der Waals surface area contributed by atoms with Crippen LogP contribution in [0.4, 0.5) is 4.79 Å². The number of carbonyl (C=O) groups is 1. The third kappa shape index (κ3) is 4.02. The average Bonchev–Trinajstić information content (AvgIpc) is 3.13. The summed E-state index contributed by atoms with van der Waals surface area (Å²) in [5, 5.41) is 0. The van der Waals surface area contributed by atoms with Crippen molar-refractivity contribution in [3.63, 3.8) is 0 Å². The number of piperazine rings is 1. The van der Waals surface area contributed by atoms with Crippen LogP contribution in [0.1, 0.15) is 53.5 Å². The minimum Gasteiger partial charge on any atom is -0.444 e. The molecule has 1 unspecified atom stereocenters. The lowest BCUT2D eigenvalue weighted by atomic mass is 9.87. The molecule has 2 bridgehead atoms. The largest absolute Gasteiger partial charge is 0.444 e. The van der Waals surface area contributed by atoms with Crippen molar-refractivity contribution in [1.82, 2.24) is 9.21 Å². The normalized spacial score (nSPS) is 25.5. The van der Waals surface area contributed by atoms with Crippen LogP contribution in [-0.4, -0.2) is 56.2 Å². The molecule has 2 saturated heterocycles. The van der Waals surface area contributed by atoms with E-state index in [1.807, 2.05) is 49.3 Å². The van der Waals surface area contributed by atoms with Gasteiger partial charge < -0.3 is 9.64 Å². The van der Waals surface area contributed by atoms with Crippen LogP contribution in [0.25, 0.3) is 0 Å². The predicted octanol–water partition coefficient (Wildman–Crippen LogP) is 3.67. The van der Waals surface area contributed by atoms with E-state index in [1.54, 1.807) is 4.90 Å². The van der Waals surface area contributed by atoms with Crippen LogP contribution in [0.2, 0.25) is 0 Å². The summed E-state index contributed by atoms with van der Waals surface area (Å²) in [6, 6.07) is 8.07. The van der Waals surface area contributed by atoms with Crippen LogP contribution in [0, 0.1) is 0 Å². The predicted molar refractivity (Wildman–Crippen MR) is 111 cm³/mol. The van der Waals surface area contributed by atoms with E-state index in [2.05, 4.69) is 26.6 Å². The summed E-state index contributed by atoms with van der Waals surface area (Å²) < 4.78 is 21.0. The fraction of sp³-hybridized carbons (Fsp3) is 0.619. The molecule has 27 heavy (non-hydrogen) atoms. The lowest BCUT2D eigenvalue weighted by molar-refractivity contribution is 0.0175. The van der Waals surface area contributed by atoms with Crippen molar-refractivity contribution in [3.05, 3.63) is 29.8 Å². The van der Waals surface area contributed by atoms with E-state index in [-0.39, 0.29) is 23.6 Å². The zero-order valence-corrected chi connectivity index (χ0v) is 18.1. The number of hydrogen-bond acceptors (Lipinski definition) is 3. The summed E-state index contributed by atoms with van der Waals surface area (Å²) in [6.45, 7) is 13.2. The van der Waals surface area contributed by atoms with Crippen LogP contribution >= 0.6 is 0 Å². The number of fused-ring (bicyclic) bond motifs is 2. The zero-order chi connectivity index (χ0) is 20.2. The van der Waals surface area contributed by atoms with E-state index in [0.717, 1.165) is 11.3 Å². The van der Waals surface area contributed by atoms with E-state index in [1.165, 1.54) is 5.56 Å². The van der Waals surface area contributed by atoms with E-state index in [4.69, 9.17) is 4.74 Å². The molecule has 0 N–H and O–H groups in total. The van der Waals surface area contributed by atoms with Gasteiger partial charge in [-0.3, -0.25) is 0 Å². The minimum absolute atomic E-state index is 0.0428. The Balaban J connectivity index is 1.73. The number of likely N-dealkylation sites (tertiary alicyclic amines) is 1. The molecule has 1 aromatic carbocycles. The molecule has 3 atom stereocenters. The monoisotopic (exact) mass is 392 g/mol. The molecule has 2 aliphatic heterocycles. The van der Waals surface area contributed by atoms with Crippen molar-refractivity contribution in [1.29, 1.82) is 0 Å². The Morgan fingerprint density at radius 3 is 2.11 bits per heavy atom. The third-order valence-corrected chi connectivity index (χ3v) is 7.50. The molecule has 1 aromatic rings. The number of nitrogens with zero attached hydrogens (tertiary/aromatic N) is 2. The average molecular weight is 393 g/mol. The quantitative estimate of drug-likeness (QED) is 0.722. The number of carbonyl (C=O) groups excluding carboxylic acids is 1. The van der Waals surface area contributed by atoms with Gasteiger partial charge in [0.1, 0.15) is 5.60 Å². The van der Waals surface area contributed by atoms with E-state index in [0.29, 0.717) is 13.1 Å². The van der Waals surface area contributed by atoms with Crippen molar-refractivity contribution < 1.29 is 13.7 Å². The summed E-state index contributed by atoms with van der Waals surface area (Å²) in [5.41, 5.74) is 0.759. The summed E-state index contributed by atoms with van der Waals surface area (Å²) in [4.78, 5) is 14.9. The molecule has 150 valence electrons. The molecule has 0 aliphatic carbocycles. The summed E-state index contributed by atoms with van der Waals surface area (Å²) in [6.07, 6.45) is 0.547. The maximum atomic E-state index is 13.5. The fourth-order valence-electron chi connectivity index (χ4n) is 3.84. The first-order valence-electron chi connectivity index (χ1n) is 9.53. The van der Waals surface area contributed by atoms with E-state index in [9.17, 15) is 9.00 Å². The van der Waals surface area contributed by atoms with Gasteiger partial charge >= 0.3 is 6.09 Å². The second-order valence-electron chi connectivity index (χ2n) is 9.69. The van der Waals surface area contributed by atoms with Crippen molar-refractivity contribution in [3.8, 4) is 0 Å². The van der Waals surface area contributed by atoms with Crippen molar-refractivity contribution in [2.45, 2.75) is 76.0 Å². The molecular weight excluding hydrogens is 360 g/mol. The highest BCUT2D eigenvalue weighted by molar-refractivity contribution is 7.98. The van der Waals surface area contributed by atoms with Crippen molar-refractivity contribution in [2.24, 2.45) is 0 Å². The maximum absolute atomic E-state index is 13.5. The van der Waals surface area contributed by atoms with Gasteiger partial charge in [0.2, 0.25) is 0 Å². The number of rotatable bonds is 2. The van der Waals surface area contributed by atoms with Gasteiger partial charge in [-0.15, -0.1) is 0 Å². The molecule has 1 amide bonds. The second-order valence-corrected chi connectivity index (χ2v) is 11.9. The topological polar surface area (TPSA) is 49.9 Å². The first kappa shape index (κ1) is 20.2. The van der Waals surface area contributed by atoms with Gasteiger partial charge in [-0.25, -0.2) is 13.3 Å². The SMILES string of the molecule is C=S(=O)(c1ccc(C(C)(C)C)cc1)N1C[C@@H]2C[C@H]1CN2C(=O)OC(C)(C)C. The van der Waals surface area contributed by atoms with E-state index < -0.39 is 15.3 Å². The lowest BCUT2D eigenvalue weighted by Crippen LogP contribution is -2.51. The van der Waals surface area contributed by atoms with Crippen molar-refractivity contribution in [2.75, 3.05) is 13.1 Å².